The molecule has 3 rings (SSSR count). The molecule has 1 fully saturated rings. The van der Waals surface area contributed by atoms with Crippen molar-refractivity contribution in [2.24, 2.45) is 5.92 Å². The highest BCUT2D eigenvalue weighted by Gasteiger charge is 2.34. The van der Waals surface area contributed by atoms with Crippen molar-refractivity contribution in [3.63, 3.8) is 0 Å². The van der Waals surface area contributed by atoms with Gasteiger partial charge in [0.2, 0.25) is 5.91 Å². The van der Waals surface area contributed by atoms with E-state index in [1.165, 1.54) is 0 Å². The molecule has 0 saturated carbocycles. The lowest BCUT2D eigenvalue weighted by Gasteiger charge is -2.18. The monoisotopic (exact) mass is 369 g/mol. The highest BCUT2D eigenvalue weighted by Crippen LogP contribution is 2.25. The molecule has 1 saturated heterocycles. The minimum Gasteiger partial charge on any atom is -0.490 e. The third kappa shape index (κ3) is 5.00. The van der Waals surface area contributed by atoms with Gasteiger partial charge in [-0.05, 0) is 30.7 Å². The zero-order valence-electron chi connectivity index (χ0n) is 15.3. The lowest BCUT2D eigenvalue weighted by Crippen LogP contribution is -2.26. The number of aliphatic carboxylic acids is 1. The minimum absolute atomic E-state index is 0.0582. The molecule has 0 bridgehead atoms. The zero-order valence-corrected chi connectivity index (χ0v) is 15.3. The quantitative estimate of drug-likeness (QED) is 0.724. The van der Waals surface area contributed by atoms with Crippen LogP contribution in [0, 0.1) is 12.8 Å². The first-order chi connectivity index (χ1) is 13.0. The van der Waals surface area contributed by atoms with Crippen LogP contribution in [0.25, 0.3) is 0 Å². The number of carboxylic acid groups (broad SMARTS) is 1. The summed E-state index contributed by atoms with van der Waals surface area (Å²) in [5, 5.41) is 9.11. The summed E-state index contributed by atoms with van der Waals surface area (Å²) in [6, 6.07) is 15.3. The fourth-order valence-electron chi connectivity index (χ4n) is 3.09. The number of ether oxygens (including phenoxy) is 2. The summed E-state index contributed by atoms with van der Waals surface area (Å²) in [6.45, 7) is 3.36. The standard InChI is InChI=1S/C21H23NO5/c1-15-5-4-7-18(11-15)26-9-10-27-19-8-3-2-6-16(19)13-22-14-17(21(24)25)12-20(22)23/h2-8,11,17H,9-10,12-14H2,1H3,(H,24,25). The molecule has 0 aromatic heterocycles. The van der Waals surface area contributed by atoms with E-state index >= 15 is 0 Å². The van der Waals surface area contributed by atoms with Crippen LogP contribution < -0.4 is 9.47 Å². The Morgan fingerprint density at radius 3 is 2.67 bits per heavy atom. The van der Waals surface area contributed by atoms with E-state index in [0.717, 1.165) is 16.9 Å². The van der Waals surface area contributed by atoms with Gasteiger partial charge in [-0.1, -0.05) is 30.3 Å². The predicted molar refractivity (Wildman–Crippen MR) is 99.8 cm³/mol. The van der Waals surface area contributed by atoms with Crippen molar-refractivity contribution in [1.29, 1.82) is 0 Å². The molecule has 142 valence electrons. The summed E-state index contributed by atoms with van der Waals surface area (Å²) in [5.74, 6) is -0.219. The molecule has 1 aliphatic heterocycles. The first-order valence-electron chi connectivity index (χ1n) is 8.93. The highest BCUT2D eigenvalue weighted by molar-refractivity contribution is 5.86. The van der Waals surface area contributed by atoms with Crippen LogP contribution in [0.5, 0.6) is 11.5 Å². The Morgan fingerprint density at radius 2 is 1.93 bits per heavy atom. The van der Waals surface area contributed by atoms with Gasteiger partial charge >= 0.3 is 5.97 Å². The molecule has 27 heavy (non-hydrogen) atoms. The van der Waals surface area contributed by atoms with Crippen molar-refractivity contribution >= 4 is 11.9 Å². The van der Waals surface area contributed by atoms with Crippen LogP contribution in [-0.2, 0) is 16.1 Å². The number of hydrogen-bond acceptors (Lipinski definition) is 4. The maximum Gasteiger partial charge on any atom is 0.308 e. The van der Waals surface area contributed by atoms with Gasteiger partial charge in [0, 0.05) is 25.1 Å². The first-order valence-corrected chi connectivity index (χ1v) is 8.93. The van der Waals surface area contributed by atoms with Crippen LogP contribution in [0.2, 0.25) is 0 Å². The Labute approximate surface area is 158 Å². The molecule has 1 N–H and O–H groups in total. The summed E-state index contributed by atoms with van der Waals surface area (Å²) in [4.78, 5) is 24.7. The molecule has 1 heterocycles. The maximum atomic E-state index is 12.1. The summed E-state index contributed by atoms with van der Waals surface area (Å²) < 4.78 is 11.5. The SMILES string of the molecule is Cc1cccc(OCCOc2ccccc2CN2CC(C(=O)O)CC2=O)c1. The molecule has 1 amide bonds. The van der Waals surface area contributed by atoms with Crippen LogP contribution in [0.15, 0.2) is 48.5 Å². The van der Waals surface area contributed by atoms with E-state index in [1.54, 1.807) is 4.90 Å². The molecule has 1 atom stereocenters. The van der Waals surface area contributed by atoms with Crippen LogP contribution in [0.3, 0.4) is 0 Å². The third-order valence-electron chi connectivity index (χ3n) is 4.50. The van der Waals surface area contributed by atoms with Crippen LogP contribution in [-0.4, -0.2) is 41.6 Å². The number of carbonyl (C=O) groups is 2. The van der Waals surface area contributed by atoms with Gasteiger partial charge in [-0.15, -0.1) is 0 Å². The van der Waals surface area contributed by atoms with Crippen LogP contribution in [0.1, 0.15) is 17.5 Å². The van der Waals surface area contributed by atoms with E-state index in [9.17, 15) is 9.59 Å². The fourth-order valence-corrected chi connectivity index (χ4v) is 3.09. The average molecular weight is 369 g/mol. The normalized spacial score (nSPS) is 16.4. The van der Waals surface area contributed by atoms with Crippen molar-refractivity contribution in [2.75, 3.05) is 19.8 Å². The summed E-state index contributed by atoms with van der Waals surface area (Å²) >= 11 is 0. The van der Waals surface area contributed by atoms with Gasteiger partial charge in [-0.3, -0.25) is 9.59 Å². The lowest BCUT2D eigenvalue weighted by atomic mass is 10.1. The molecule has 0 radical (unpaired) electrons. The van der Waals surface area contributed by atoms with Gasteiger partial charge in [0.05, 0.1) is 5.92 Å². The molecule has 6 nitrogen and oxygen atoms in total. The number of nitrogens with zero attached hydrogens (tertiary/aromatic N) is 1. The second kappa shape index (κ2) is 8.58. The fraction of sp³-hybridized carbons (Fsp3) is 0.333. The Balaban J connectivity index is 1.54. The van der Waals surface area contributed by atoms with Gasteiger partial charge in [-0.25, -0.2) is 0 Å². The Morgan fingerprint density at radius 1 is 1.15 bits per heavy atom. The summed E-state index contributed by atoms with van der Waals surface area (Å²) in [7, 11) is 0. The van der Waals surface area contributed by atoms with E-state index in [4.69, 9.17) is 14.6 Å². The van der Waals surface area contributed by atoms with Gasteiger partial charge in [0.15, 0.2) is 0 Å². The van der Waals surface area contributed by atoms with Gasteiger partial charge in [-0.2, -0.15) is 0 Å². The largest absolute Gasteiger partial charge is 0.490 e. The number of hydrogen-bond donors (Lipinski definition) is 1. The number of likely N-dealkylation sites (tertiary alicyclic amines) is 1. The van der Waals surface area contributed by atoms with E-state index < -0.39 is 11.9 Å². The lowest BCUT2D eigenvalue weighted by molar-refractivity contribution is -0.141. The van der Waals surface area contributed by atoms with E-state index in [2.05, 4.69) is 0 Å². The number of para-hydroxylation sites is 1. The van der Waals surface area contributed by atoms with Gasteiger partial charge in [0.25, 0.3) is 0 Å². The molecule has 0 spiro atoms. The van der Waals surface area contributed by atoms with Crippen molar-refractivity contribution < 1.29 is 24.2 Å². The molecule has 1 aliphatic rings. The van der Waals surface area contributed by atoms with Crippen molar-refractivity contribution in [2.45, 2.75) is 19.9 Å². The van der Waals surface area contributed by atoms with E-state index in [0.29, 0.717) is 25.5 Å². The smallest absolute Gasteiger partial charge is 0.308 e. The number of aryl methyl sites for hydroxylation is 1. The van der Waals surface area contributed by atoms with Crippen LogP contribution in [0.4, 0.5) is 0 Å². The molecular weight excluding hydrogens is 346 g/mol. The topological polar surface area (TPSA) is 76.1 Å². The zero-order chi connectivity index (χ0) is 19.2. The Kier molecular flexibility index (Phi) is 5.96. The van der Waals surface area contributed by atoms with E-state index in [-0.39, 0.29) is 18.9 Å². The summed E-state index contributed by atoms with van der Waals surface area (Å²) in [5.41, 5.74) is 1.99. The third-order valence-corrected chi connectivity index (χ3v) is 4.50. The van der Waals surface area contributed by atoms with Crippen LogP contribution >= 0.6 is 0 Å². The molecule has 1 unspecified atom stereocenters. The van der Waals surface area contributed by atoms with Crippen molar-refractivity contribution in [1.82, 2.24) is 4.90 Å². The molecule has 2 aromatic carbocycles. The summed E-state index contributed by atoms with van der Waals surface area (Å²) in [6.07, 6.45) is 0.0582. The number of carboxylic acids is 1. The first kappa shape index (κ1) is 18.8. The average Bonchev–Trinajstić information content (AvgIpc) is 3.01. The molecule has 0 aliphatic carbocycles. The number of rotatable bonds is 8. The molecular formula is C21H23NO5. The minimum atomic E-state index is -0.927. The molecule has 2 aromatic rings. The van der Waals surface area contributed by atoms with E-state index in [1.807, 2.05) is 55.5 Å². The Bertz CT molecular complexity index is 820. The Hall–Kier alpha value is -3.02. The number of carbonyl (C=O) groups excluding carboxylic acids is 1. The highest BCUT2D eigenvalue weighted by atomic mass is 16.5. The van der Waals surface area contributed by atoms with Crippen molar-refractivity contribution in [3.8, 4) is 11.5 Å². The number of benzene rings is 2. The van der Waals surface area contributed by atoms with Gasteiger partial charge < -0.3 is 19.5 Å². The van der Waals surface area contributed by atoms with Gasteiger partial charge in [0.1, 0.15) is 24.7 Å². The number of amides is 1. The maximum absolute atomic E-state index is 12.1. The second-order valence-electron chi connectivity index (χ2n) is 6.63. The van der Waals surface area contributed by atoms with Crippen molar-refractivity contribution in [3.05, 3.63) is 59.7 Å². The second-order valence-corrected chi connectivity index (χ2v) is 6.63. The predicted octanol–water partition coefficient (Wildman–Crippen LogP) is 2.89. The molecule has 6 heteroatoms.